The number of aromatic nitrogens is 1. The van der Waals surface area contributed by atoms with Crippen LogP contribution in [0.4, 0.5) is 13.2 Å². The van der Waals surface area contributed by atoms with E-state index in [1.165, 1.54) is 12.1 Å². The number of benzene rings is 2. The maximum atomic E-state index is 12.8. The first kappa shape index (κ1) is 28.8. The fraction of sp³-hybridized carbons (Fsp3) is 0.467. The Balaban J connectivity index is 1.32. The average Bonchev–Trinajstić information content (AvgIpc) is 2.91. The van der Waals surface area contributed by atoms with Crippen LogP contribution in [0.15, 0.2) is 54.7 Å². The van der Waals surface area contributed by atoms with Gasteiger partial charge in [-0.25, -0.2) is 0 Å². The van der Waals surface area contributed by atoms with Crippen molar-refractivity contribution in [3.8, 4) is 5.75 Å². The zero-order valence-electron chi connectivity index (χ0n) is 22.0. The van der Waals surface area contributed by atoms with Crippen LogP contribution < -0.4 is 4.74 Å². The number of aliphatic hydroxyl groups excluding tert-OH is 1. The van der Waals surface area contributed by atoms with Gasteiger partial charge in [-0.1, -0.05) is 12.1 Å². The molecule has 2 N–H and O–H groups in total. The highest BCUT2D eigenvalue weighted by molar-refractivity contribution is 5.83. The number of aliphatic hydroxyl groups is 1. The molecule has 1 aromatic heterocycles. The van der Waals surface area contributed by atoms with Gasteiger partial charge >= 0.3 is 12.1 Å². The first-order chi connectivity index (χ1) is 18.6. The van der Waals surface area contributed by atoms with Crippen molar-refractivity contribution >= 4 is 16.9 Å². The largest absolute Gasteiger partial charge is 0.497 e. The first-order valence-electron chi connectivity index (χ1n) is 13.3. The number of hydrogen-bond donors (Lipinski definition) is 2. The van der Waals surface area contributed by atoms with Crippen LogP contribution in [0.1, 0.15) is 54.9 Å². The topological polar surface area (TPSA) is 82.9 Å². The monoisotopic (exact) mass is 544 g/mol. The molecule has 0 saturated carbocycles. The minimum Gasteiger partial charge on any atom is -0.497 e. The zero-order chi connectivity index (χ0) is 28.0. The van der Waals surface area contributed by atoms with Crippen molar-refractivity contribution < 1.29 is 32.9 Å². The minimum atomic E-state index is -4.34. The van der Waals surface area contributed by atoms with Gasteiger partial charge in [-0.05, 0) is 105 Å². The number of carboxylic acid groups (broad SMARTS) is 1. The van der Waals surface area contributed by atoms with E-state index >= 15 is 0 Å². The van der Waals surface area contributed by atoms with Crippen molar-refractivity contribution in [3.63, 3.8) is 0 Å². The molecule has 2 aromatic carbocycles. The molecule has 1 saturated heterocycles. The molecule has 4 rings (SSSR count). The Hall–Kier alpha value is -3.17. The summed E-state index contributed by atoms with van der Waals surface area (Å²) in [4.78, 5) is 18.3. The fourth-order valence-electron chi connectivity index (χ4n) is 5.65. The molecule has 210 valence electrons. The van der Waals surface area contributed by atoms with E-state index in [9.17, 15) is 28.2 Å². The van der Waals surface area contributed by atoms with Crippen LogP contribution in [0.5, 0.6) is 5.75 Å². The summed E-state index contributed by atoms with van der Waals surface area (Å²) in [7, 11) is 1.59. The standard InChI is InChI=1S/C30H35F3N2O4/c1-39-24-9-10-27-26(18-24)25(12-14-34-27)28(36)11-6-21-13-16-35(19-22(21)17-29(37)38)15-2-3-20-4-7-23(8-5-20)30(31,32)33/h4-5,7-10,12,14,18,21-22,28,36H,2-3,6,11,13,15-17,19H2,1H3,(H,37,38)/t21-,22+,28+/m1/s1. The van der Waals surface area contributed by atoms with Gasteiger partial charge in [0.2, 0.25) is 0 Å². The lowest BCUT2D eigenvalue weighted by molar-refractivity contribution is -0.139. The lowest BCUT2D eigenvalue weighted by atomic mass is 9.79. The maximum Gasteiger partial charge on any atom is 0.416 e. The van der Waals surface area contributed by atoms with Gasteiger partial charge in [0.1, 0.15) is 5.75 Å². The average molecular weight is 545 g/mol. The number of pyridine rings is 1. The minimum absolute atomic E-state index is 0.0243. The molecule has 1 aliphatic rings. The molecule has 1 fully saturated rings. The number of alkyl halides is 3. The number of carbonyl (C=O) groups is 1. The van der Waals surface area contributed by atoms with Crippen molar-refractivity contribution in [2.75, 3.05) is 26.7 Å². The molecule has 0 amide bonds. The number of ether oxygens (including phenoxy) is 1. The number of aliphatic carboxylic acids is 1. The second kappa shape index (κ2) is 12.8. The summed E-state index contributed by atoms with van der Waals surface area (Å²) in [5, 5.41) is 21.4. The quantitative estimate of drug-likeness (QED) is 0.303. The van der Waals surface area contributed by atoms with Gasteiger partial charge in [-0.2, -0.15) is 13.2 Å². The van der Waals surface area contributed by atoms with Gasteiger partial charge in [0.25, 0.3) is 0 Å². The fourth-order valence-corrected chi connectivity index (χ4v) is 5.65. The van der Waals surface area contributed by atoms with Crippen molar-refractivity contribution in [1.29, 1.82) is 0 Å². The Morgan fingerprint density at radius 2 is 1.92 bits per heavy atom. The summed E-state index contributed by atoms with van der Waals surface area (Å²) in [6, 6.07) is 12.7. The molecule has 39 heavy (non-hydrogen) atoms. The van der Waals surface area contributed by atoms with Crippen molar-refractivity contribution in [1.82, 2.24) is 9.88 Å². The number of likely N-dealkylation sites (tertiary alicyclic amines) is 1. The number of aryl methyl sites for hydroxylation is 1. The Morgan fingerprint density at radius 1 is 1.15 bits per heavy atom. The number of nitrogens with zero attached hydrogens (tertiary/aromatic N) is 2. The maximum absolute atomic E-state index is 12.8. The van der Waals surface area contributed by atoms with Crippen molar-refractivity contribution in [3.05, 3.63) is 71.4 Å². The Bertz CT molecular complexity index is 1250. The Kier molecular flexibility index (Phi) is 9.45. The summed E-state index contributed by atoms with van der Waals surface area (Å²) >= 11 is 0. The molecule has 3 aromatic rings. The first-order valence-corrected chi connectivity index (χ1v) is 13.3. The van der Waals surface area contributed by atoms with Crippen molar-refractivity contribution in [2.24, 2.45) is 11.8 Å². The third-order valence-electron chi connectivity index (χ3n) is 7.79. The van der Waals surface area contributed by atoms with Crippen LogP contribution in [0, 0.1) is 11.8 Å². The molecule has 3 atom stereocenters. The van der Waals surface area contributed by atoms with Crippen LogP contribution in [0.3, 0.4) is 0 Å². The second-order valence-corrected chi connectivity index (χ2v) is 10.4. The summed E-state index contributed by atoms with van der Waals surface area (Å²) in [5.74, 6) is 0.0221. The number of fused-ring (bicyclic) bond motifs is 1. The molecule has 0 bridgehead atoms. The predicted octanol–water partition coefficient (Wildman–Crippen LogP) is 6.12. The highest BCUT2D eigenvalue weighted by Gasteiger charge is 2.32. The van der Waals surface area contributed by atoms with Gasteiger partial charge in [0, 0.05) is 24.5 Å². The highest BCUT2D eigenvalue weighted by atomic mass is 19.4. The van der Waals surface area contributed by atoms with Gasteiger partial charge in [-0.3, -0.25) is 9.78 Å². The van der Waals surface area contributed by atoms with E-state index in [4.69, 9.17) is 4.74 Å². The zero-order valence-corrected chi connectivity index (χ0v) is 22.0. The van der Waals surface area contributed by atoms with E-state index in [-0.39, 0.29) is 18.3 Å². The number of piperidine rings is 1. The molecule has 0 radical (unpaired) electrons. The highest BCUT2D eigenvalue weighted by Crippen LogP contribution is 2.35. The summed E-state index contributed by atoms with van der Waals surface area (Å²) in [6.07, 6.45) is 0.251. The van der Waals surface area contributed by atoms with Gasteiger partial charge in [-0.15, -0.1) is 0 Å². The van der Waals surface area contributed by atoms with E-state index in [0.717, 1.165) is 60.1 Å². The van der Waals surface area contributed by atoms with E-state index < -0.39 is 23.8 Å². The van der Waals surface area contributed by atoms with E-state index in [2.05, 4.69) is 9.88 Å². The molecule has 0 spiro atoms. The second-order valence-electron chi connectivity index (χ2n) is 10.4. The van der Waals surface area contributed by atoms with Crippen LogP contribution >= 0.6 is 0 Å². The third kappa shape index (κ3) is 7.70. The van der Waals surface area contributed by atoms with Gasteiger partial charge in [0.15, 0.2) is 0 Å². The molecule has 6 nitrogen and oxygen atoms in total. The number of carboxylic acids is 1. The van der Waals surface area contributed by atoms with Crippen LogP contribution in [0.25, 0.3) is 10.9 Å². The van der Waals surface area contributed by atoms with E-state index in [1.807, 2.05) is 24.3 Å². The molecular formula is C30H35F3N2O4. The van der Waals surface area contributed by atoms with Gasteiger partial charge < -0.3 is 19.8 Å². The molecule has 9 heteroatoms. The molecular weight excluding hydrogens is 509 g/mol. The van der Waals surface area contributed by atoms with Crippen LogP contribution in [-0.4, -0.2) is 52.8 Å². The molecule has 0 unspecified atom stereocenters. The SMILES string of the molecule is COc1ccc2nccc([C@@H](O)CC[C@@H]3CCN(CCCc4ccc(C(F)(F)F)cc4)C[C@@H]3CC(=O)O)c2c1. The summed E-state index contributed by atoms with van der Waals surface area (Å²) in [6.45, 7) is 2.26. The lowest BCUT2D eigenvalue weighted by Crippen LogP contribution is -2.42. The van der Waals surface area contributed by atoms with Crippen molar-refractivity contribution in [2.45, 2.75) is 50.8 Å². The Labute approximate surface area is 226 Å². The summed E-state index contributed by atoms with van der Waals surface area (Å²) < 4.78 is 43.7. The van der Waals surface area contributed by atoms with Crippen LogP contribution in [-0.2, 0) is 17.4 Å². The van der Waals surface area contributed by atoms with E-state index in [1.54, 1.807) is 13.3 Å². The third-order valence-corrected chi connectivity index (χ3v) is 7.79. The molecule has 0 aliphatic carbocycles. The smallest absolute Gasteiger partial charge is 0.416 e. The number of methoxy groups -OCH3 is 1. The number of halogens is 3. The molecule has 2 heterocycles. The predicted molar refractivity (Wildman–Crippen MR) is 143 cm³/mol. The Morgan fingerprint density at radius 3 is 2.62 bits per heavy atom. The lowest BCUT2D eigenvalue weighted by Gasteiger charge is -2.38. The number of hydrogen-bond acceptors (Lipinski definition) is 5. The van der Waals surface area contributed by atoms with E-state index in [0.29, 0.717) is 31.6 Å². The van der Waals surface area contributed by atoms with Crippen LogP contribution in [0.2, 0.25) is 0 Å². The summed E-state index contributed by atoms with van der Waals surface area (Å²) in [5.41, 5.74) is 1.78. The van der Waals surface area contributed by atoms with Gasteiger partial charge in [0.05, 0.1) is 24.3 Å². The molecule has 1 aliphatic heterocycles. The number of rotatable bonds is 11. The normalized spacial score (nSPS) is 19.2.